The van der Waals surface area contributed by atoms with E-state index in [1.54, 1.807) is 24.2 Å². The molecule has 4 N–H and O–H groups in total. The third-order valence-corrected chi connectivity index (χ3v) is 4.93. The van der Waals surface area contributed by atoms with Crippen LogP contribution in [-0.4, -0.2) is 24.3 Å². The van der Waals surface area contributed by atoms with Crippen molar-refractivity contribution in [3.8, 4) is 0 Å². The van der Waals surface area contributed by atoms with Gasteiger partial charge in [-0.25, -0.2) is 5.84 Å². The molecule has 7 nitrogen and oxygen atoms in total. The van der Waals surface area contributed by atoms with Crippen LogP contribution in [0.2, 0.25) is 0 Å². The predicted octanol–water partition coefficient (Wildman–Crippen LogP) is 5.55. The maximum absolute atomic E-state index is 11.4. The van der Waals surface area contributed by atoms with Crippen LogP contribution in [0, 0.1) is 0 Å². The van der Waals surface area contributed by atoms with Crippen LogP contribution in [0.1, 0.15) is 44.9 Å². The average molecular weight is 518 g/mol. The van der Waals surface area contributed by atoms with Gasteiger partial charge in [-0.15, -0.1) is 6.58 Å². The molecule has 0 fully saturated rings. The van der Waals surface area contributed by atoms with Gasteiger partial charge in [0.05, 0.1) is 23.6 Å². The Hall–Kier alpha value is -4.23. The molecule has 0 radical (unpaired) electrons. The average Bonchev–Trinajstić information content (AvgIpc) is 2.96. The SMILES string of the molecule is C=CC.C=CC(=C\C=C/C)/C(=C/CCC(=O)NC)N(N)c1ccccc1.CCc1ccc(CNC=O)nc1. The Morgan fingerprint density at radius 3 is 2.32 bits per heavy atom. The van der Waals surface area contributed by atoms with E-state index in [1.165, 1.54) is 5.56 Å². The first-order valence-electron chi connectivity index (χ1n) is 12.6. The predicted molar refractivity (Wildman–Crippen MR) is 160 cm³/mol. The van der Waals surface area contributed by atoms with Crippen molar-refractivity contribution >= 4 is 18.0 Å². The molecule has 2 rings (SSSR count). The number of allylic oxidation sites excluding steroid dienone is 6. The fourth-order valence-corrected chi connectivity index (χ4v) is 2.92. The van der Waals surface area contributed by atoms with Crippen LogP contribution in [0.3, 0.4) is 0 Å². The Balaban J connectivity index is 0.000000759. The molecule has 2 aromatic rings. The molecule has 0 saturated heterocycles. The van der Waals surface area contributed by atoms with E-state index >= 15 is 0 Å². The zero-order chi connectivity index (χ0) is 28.6. The number of carbonyl (C=O) groups excluding carboxylic acids is 2. The minimum Gasteiger partial charge on any atom is -0.359 e. The van der Waals surface area contributed by atoms with Crippen molar-refractivity contribution in [1.29, 1.82) is 0 Å². The molecule has 1 aromatic heterocycles. The Labute approximate surface area is 228 Å². The van der Waals surface area contributed by atoms with Gasteiger partial charge in [0.2, 0.25) is 12.3 Å². The first-order chi connectivity index (χ1) is 18.4. The van der Waals surface area contributed by atoms with Gasteiger partial charge in [0, 0.05) is 19.7 Å². The van der Waals surface area contributed by atoms with Gasteiger partial charge >= 0.3 is 0 Å². The fraction of sp³-hybridized carbons (Fsp3) is 0.258. The van der Waals surface area contributed by atoms with E-state index in [1.807, 2.05) is 86.8 Å². The molecule has 7 heteroatoms. The number of para-hydroxylation sites is 1. The summed E-state index contributed by atoms with van der Waals surface area (Å²) >= 11 is 0. The summed E-state index contributed by atoms with van der Waals surface area (Å²) in [6.45, 7) is 13.7. The molecular weight excluding hydrogens is 474 g/mol. The fourth-order valence-electron chi connectivity index (χ4n) is 2.92. The standard InChI is InChI=1S/C19H25N3O.C9H12N2O.C3H6/c1-4-6-11-16(5-2)18(14-10-15-19(23)21-3)22(20)17-12-8-7-9-13-17;1-2-8-3-4-9(11-5-8)6-10-7-12;1-3-2/h4-9,11-14H,2,10,15,20H2,1,3H3,(H,21,23);3-5,7H,2,6H2,1H3,(H,10,12);3H,1H2,2H3/b6-4-,16-11+,18-14-;;. The van der Waals surface area contributed by atoms with Gasteiger partial charge in [0.15, 0.2) is 0 Å². The zero-order valence-corrected chi connectivity index (χ0v) is 23.2. The molecule has 1 heterocycles. The Morgan fingerprint density at radius 1 is 1.13 bits per heavy atom. The highest BCUT2D eigenvalue weighted by molar-refractivity contribution is 5.75. The number of carbonyl (C=O) groups is 2. The van der Waals surface area contributed by atoms with E-state index in [4.69, 9.17) is 5.84 Å². The van der Waals surface area contributed by atoms with Crippen LogP contribution in [0.5, 0.6) is 0 Å². The highest BCUT2D eigenvalue weighted by atomic mass is 16.1. The third-order valence-electron chi connectivity index (χ3n) is 4.93. The smallest absolute Gasteiger partial charge is 0.220 e. The number of aromatic nitrogens is 1. The molecule has 0 spiro atoms. The maximum Gasteiger partial charge on any atom is 0.220 e. The summed E-state index contributed by atoms with van der Waals surface area (Å²) in [5.41, 5.74) is 4.68. The maximum atomic E-state index is 11.4. The number of amides is 2. The second kappa shape index (κ2) is 22.0. The number of hydrogen-bond acceptors (Lipinski definition) is 5. The van der Waals surface area contributed by atoms with Gasteiger partial charge < -0.3 is 10.6 Å². The number of nitrogens with one attached hydrogen (secondary N) is 2. The topological polar surface area (TPSA) is 100 Å². The number of anilines is 1. The number of hydrogen-bond donors (Lipinski definition) is 3. The molecule has 0 aliphatic heterocycles. The minimum atomic E-state index is 0.00136. The van der Waals surface area contributed by atoms with Crippen LogP contribution in [0.15, 0.2) is 110 Å². The van der Waals surface area contributed by atoms with E-state index in [2.05, 4.69) is 35.7 Å². The second-order valence-corrected chi connectivity index (χ2v) is 7.78. The molecule has 0 aliphatic carbocycles. The molecule has 38 heavy (non-hydrogen) atoms. The normalized spacial score (nSPS) is 10.8. The summed E-state index contributed by atoms with van der Waals surface area (Å²) in [5.74, 6) is 6.29. The summed E-state index contributed by atoms with van der Waals surface area (Å²) in [5, 5.41) is 6.79. The van der Waals surface area contributed by atoms with Gasteiger partial charge in [0.1, 0.15) is 0 Å². The summed E-state index contributed by atoms with van der Waals surface area (Å²) in [4.78, 5) is 25.5. The van der Waals surface area contributed by atoms with Gasteiger partial charge in [-0.1, -0.05) is 74.2 Å². The number of aryl methyl sites for hydroxylation is 1. The van der Waals surface area contributed by atoms with Crippen LogP contribution in [-0.2, 0) is 22.6 Å². The Kier molecular flexibility index (Phi) is 19.6. The Morgan fingerprint density at radius 2 is 1.82 bits per heavy atom. The summed E-state index contributed by atoms with van der Waals surface area (Å²) in [7, 11) is 1.63. The van der Waals surface area contributed by atoms with Crippen molar-refractivity contribution in [3.63, 3.8) is 0 Å². The number of rotatable bonds is 12. The highest BCUT2D eigenvalue weighted by Crippen LogP contribution is 2.22. The molecule has 0 atom stereocenters. The van der Waals surface area contributed by atoms with Gasteiger partial charge in [-0.05, 0) is 56.0 Å². The first-order valence-corrected chi connectivity index (χ1v) is 12.6. The Bertz CT molecular complexity index is 1040. The van der Waals surface area contributed by atoms with Crippen molar-refractivity contribution in [2.75, 3.05) is 12.1 Å². The largest absolute Gasteiger partial charge is 0.359 e. The second-order valence-electron chi connectivity index (χ2n) is 7.78. The molecule has 0 aliphatic rings. The number of pyridine rings is 1. The lowest BCUT2D eigenvalue weighted by atomic mass is 10.1. The molecule has 0 saturated carbocycles. The van der Waals surface area contributed by atoms with Crippen LogP contribution in [0.4, 0.5) is 5.69 Å². The van der Waals surface area contributed by atoms with Crippen LogP contribution >= 0.6 is 0 Å². The first kappa shape index (κ1) is 33.8. The molecule has 1 aromatic carbocycles. The summed E-state index contributed by atoms with van der Waals surface area (Å²) in [6, 6.07) is 13.6. The van der Waals surface area contributed by atoms with E-state index in [0.717, 1.165) is 29.1 Å². The van der Waals surface area contributed by atoms with Gasteiger partial charge in [0.25, 0.3) is 0 Å². The summed E-state index contributed by atoms with van der Waals surface area (Å²) in [6.07, 6.45) is 15.8. The van der Waals surface area contributed by atoms with Crippen molar-refractivity contribution < 1.29 is 9.59 Å². The summed E-state index contributed by atoms with van der Waals surface area (Å²) < 4.78 is 0. The molecule has 2 amide bonds. The highest BCUT2D eigenvalue weighted by Gasteiger charge is 2.10. The number of nitrogens with two attached hydrogens (primary N) is 1. The van der Waals surface area contributed by atoms with Crippen LogP contribution < -0.4 is 21.5 Å². The lowest BCUT2D eigenvalue weighted by Gasteiger charge is -2.23. The van der Waals surface area contributed by atoms with Crippen LogP contribution in [0.25, 0.3) is 0 Å². The third kappa shape index (κ3) is 14.4. The lowest BCUT2D eigenvalue weighted by Crippen LogP contribution is -2.30. The van der Waals surface area contributed by atoms with E-state index in [9.17, 15) is 9.59 Å². The number of benzene rings is 1. The zero-order valence-electron chi connectivity index (χ0n) is 23.2. The molecule has 0 unspecified atom stereocenters. The van der Waals surface area contributed by atoms with Gasteiger partial charge in [-0.3, -0.25) is 19.6 Å². The minimum absolute atomic E-state index is 0.00136. The monoisotopic (exact) mass is 517 g/mol. The number of nitrogens with zero attached hydrogens (tertiary/aromatic N) is 2. The van der Waals surface area contributed by atoms with Gasteiger partial charge in [-0.2, -0.15) is 0 Å². The number of hydrazine groups is 1. The van der Waals surface area contributed by atoms with E-state index in [-0.39, 0.29) is 5.91 Å². The van der Waals surface area contributed by atoms with Crippen molar-refractivity contribution in [1.82, 2.24) is 15.6 Å². The van der Waals surface area contributed by atoms with E-state index in [0.29, 0.717) is 25.8 Å². The lowest BCUT2D eigenvalue weighted by molar-refractivity contribution is -0.120. The van der Waals surface area contributed by atoms with Crippen molar-refractivity contribution in [2.45, 2.75) is 46.6 Å². The van der Waals surface area contributed by atoms with Crippen molar-refractivity contribution in [3.05, 3.63) is 121 Å². The molecular formula is C31H43N5O2. The molecule has 204 valence electrons. The van der Waals surface area contributed by atoms with Crippen molar-refractivity contribution in [2.24, 2.45) is 5.84 Å². The quantitative estimate of drug-likeness (QED) is 0.113. The molecule has 0 bridgehead atoms. The van der Waals surface area contributed by atoms with E-state index < -0.39 is 0 Å².